The molecule has 7 nitrogen and oxygen atoms in total. The van der Waals surface area contributed by atoms with E-state index in [0.717, 1.165) is 12.5 Å². The Hall–Kier alpha value is 0.354. The van der Waals surface area contributed by atoms with E-state index in [1.165, 1.54) is 6.47 Å². The maximum Gasteiger partial charge on any atom is 0.417 e. The lowest BCUT2D eigenvalue weighted by atomic mass is 10.4. The van der Waals surface area contributed by atoms with Crippen molar-refractivity contribution in [2.75, 3.05) is 13.2 Å². The van der Waals surface area contributed by atoms with Crippen LogP contribution in [0.4, 0.5) is 0 Å². The molecule has 0 rings (SSSR count). The first-order chi connectivity index (χ1) is 13.3. The fourth-order valence-corrected chi connectivity index (χ4v) is 27.4. The molecule has 0 amide bonds. The molecule has 12 heteroatoms. The van der Waals surface area contributed by atoms with Crippen LogP contribution in [0, 0.1) is 0 Å². The smallest absolute Gasteiger partial charge is 0.417 e. The Balaban J connectivity index is 4.66. The highest BCUT2D eigenvalue weighted by Crippen LogP contribution is 2.27. The number of carbonyl (C=O) groups excluding carboxylic acids is 1. The van der Waals surface area contributed by atoms with Gasteiger partial charge in [0.1, 0.15) is 6.61 Å². The van der Waals surface area contributed by atoms with Crippen molar-refractivity contribution in [1.29, 1.82) is 0 Å². The Bertz CT molecular complexity index is 522. The van der Waals surface area contributed by atoms with Gasteiger partial charge >= 0.3 is 32.2 Å². The van der Waals surface area contributed by atoms with Crippen molar-refractivity contribution in [3.05, 3.63) is 0 Å². The van der Waals surface area contributed by atoms with Crippen LogP contribution in [0.3, 0.4) is 0 Å². The van der Waals surface area contributed by atoms with Gasteiger partial charge in [0.2, 0.25) is 0 Å². The van der Waals surface area contributed by atoms with E-state index in [9.17, 15) is 4.79 Å². The second kappa shape index (κ2) is 12.0. The topological polar surface area (TPSA) is 72.5 Å². The predicted molar refractivity (Wildman–Crippen MR) is 134 cm³/mol. The standard InChI is InChI=1S/C18H45O7Si5/c1-18(16-20-17-19)21-14-13-15-27(5,6)23-29(9,10)25-30(11,12)24-28(7,8)22-26(2,3)4/h18H,13-16H2,1-12H3. The van der Waals surface area contributed by atoms with Crippen LogP contribution in [0.15, 0.2) is 0 Å². The zero-order chi connectivity index (χ0) is 23.9. The molecular weight excluding hydrogens is 469 g/mol. The summed E-state index contributed by atoms with van der Waals surface area (Å²) in [6, 6.07) is 0.974. The molecule has 179 valence electrons. The average molecular weight is 514 g/mol. The Kier molecular flexibility index (Phi) is 12.1. The first kappa shape index (κ1) is 30.4. The van der Waals surface area contributed by atoms with Gasteiger partial charge in [-0.1, -0.05) is 0 Å². The highest BCUT2D eigenvalue weighted by atomic mass is 28.5. The maximum absolute atomic E-state index is 10.1. The van der Waals surface area contributed by atoms with Crippen LogP contribution in [0.1, 0.15) is 13.3 Å². The van der Waals surface area contributed by atoms with Crippen molar-refractivity contribution in [3.63, 3.8) is 0 Å². The quantitative estimate of drug-likeness (QED) is 0.210. The SMILES string of the molecule is CC(CO[C]=O)OCCC[Si](C)(C)O[Si](C)(C)O[Si](C)(C)O[Si](C)(C)O[Si](C)(C)C. The minimum Gasteiger partial charge on any atom is -0.455 e. The third kappa shape index (κ3) is 16.1. The van der Waals surface area contributed by atoms with E-state index in [1.807, 2.05) is 6.92 Å². The second-order valence-corrected chi connectivity index (χ2v) is 30.6. The van der Waals surface area contributed by atoms with Crippen molar-refractivity contribution in [2.45, 2.75) is 97.5 Å². The van der Waals surface area contributed by atoms with Gasteiger partial charge in [0.25, 0.3) is 0 Å². The Labute approximate surface area is 190 Å². The summed E-state index contributed by atoms with van der Waals surface area (Å²) in [6.45, 7) is 27.8. The van der Waals surface area contributed by atoms with E-state index in [-0.39, 0.29) is 12.7 Å². The summed E-state index contributed by atoms with van der Waals surface area (Å²) in [5.74, 6) is 0. The molecule has 30 heavy (non-hydrogen) atoms. The minimum atomic E-state index is -2.39. The van der Waals surface area contributed by atoms with Crippen LogP contribution in [0.5, 0.6) is 0 Å². The van der Waals surface area contributed by atoms with E-state index in [1.54, 1.807) is 0 Å². The number of ether oxygens (including phenoxy) is 2. The van der Waals surface area contributed by atoms with Crippen molar-refractivity contribution >= 4 is 48.8 Å². The fourth-order valence-electron chi connectivity index (χ4n) is 3.68. The molecular formula is C18H45O7Si5. The van der Waals surface area contributed by atoms with E-state index in [0.29, 0.717) is 6.61 Å². The van der Waals surface area contributed by atoms with E-state index < -0.39 is 42.3 Å². The number of rotatable bonds is 16. The van der Waals surface area contributed by atoms with Crippen molar-refractivity contribution in [3.8, 4) is 0 Å². The third-order valence-corrected chi connectivity index (χ3v) is 21.8. The van der Waals surface area contributed by atoms with Crippen LogP contribution in [-0.4, -0.2) is 68.1 Å². The largest absolute Gasteiger partial charge is 0.455 e. The van der Waals surface area contributed by atoms with Crippen LogP contribution >= 0.6 is 0 Å². The van der Waals surface area contributed by atoms with Gasteiger partial charge in [-0.3, -0.25) is 0 Å². The van der Waals surface area contributed by atoms with Gasteiger partial charge in [-0.25, -0.2) is 4.79 Å². The lowest BCUT2D eigenvalue weighted by molar-refractivity contribution is 0.0281. The molecule has 0 aromatic heterocycles. The van der Waals surface area contributed by atoms with Crippen molar-refractivity contribution in [2.24, 2.45) is 0 Å². The molecule has 0 aliphatic rings. The summed E-state index contributed by atoms with van der Waals surface area (Å²) in [5, 5.41) is 0. The summed E-state index contributed by atoms with van der Waals surface area (Å²) in [7, 11) is -10.6. The maximum atomic E-state index is 10.1. The minimum absolute atomic E-state index is 0.124. The molecule has 0 bridgehead atoms. The van der Waals surface area contributed by atoms with Gasteiger partial charge in [-0.05, 0) is 91.4 Å². The second-order valence-electron chi connectivity index (χ2n) is 10.7. The first-order valence-electron chi connectivity index (χ1n) is 10.7. The van der Waals surface area contributed by atoms with Gasteiger partial charge in [0.05, 0.1) is 6.10 Å². The predicted octanol–water partition coefficient (Wildman–Crippen LogP) is 5.08. The van der Waals surface area contributed by atoms with Gasteiger partial charge in [0.15, 0.2) is 16.6 Å². The van der Waals surface area contributed by atoms with Crippen LogP contribution in [-0.2, 0) is 30.7 Å². The third-order valence-electron chi connectivity index (χ3n) is 3.76. The lowest BCUT2D eigenvalue weighted by Gasteiger charge is -2.42. The monoisotopic (exact) mass is 513 g/mol. The summed E-state index contributed by atoms with van der Waals surface area (Å²) in [5.41, 5.74) is 0. The molecule has 0 aliphatic carbocycles. The Morgan fingerprint density at radius 1 is 0.733 bits per heavy atom. The average Bonchev–Trinajstić information content (AvgIpc) is 2.42. The molecule has 1 unspecified atom stereocenters. The number of hydrogen-bond donors (Lipinski definition) is 0. The summed E-state index contributed by atoms with van der Waals surface area (Å²) >= 11 is 0. The molecule has 0 saturated carbocycles. The molecule has 1 radical (unpaired) electrons. The highest BCUT2D eigenvalue weighted by molar-refractivity contribution is 6.90. The normalized spacial score (nSPS) is 15.2. The molecule has 0 fully saturated rings. The van der Waals surface area contributed by atoms with Gasteiger partial charge in [-0.15, -0.1) is 0 Å². The van der Waals surface area contributed by atoms with Gasteiger partial charge in [-0.2, -0.15) is 0 Å². The molecule has 0 aromatic rings. The fraction of sp³-hybridized carbons (Fsp3) is 0.944. The highest BCUT2D eigenvalue weighted by Gasteiger charge is 2.45. The summed E-state index contributed by atoms with van der Waals surface area (Å²) in [6.07, 6.45) is 0.779. The van der Waals surface area contributed by atoms with E-state index in [4.69, 9.17) is 21.2 Å². The van der Waals surface area contributed by atoms with Gasteiger partial charge in [0, 0.05) is 6.61 Å². The molecule has 0 N–H and O–H groups in total. The van der Waals surface area contributed by atoms with Crippen molar-refractivity contribution < 1.29 is 30.7 Å². The zero-order valence-corrected chi connectivity index (χ0v) is 26.3. The lowest BCUT2D eigenvalue weighted by Crippen LogP contribution is -2.58. The van der Waals surface area contributed by atoms with E-state index >= 15 is 0 Å². The molecule has 0 saturated heterocycles. The Morgan fingerprint density at radius 2 is 1.20 bits per heavy atom. The van der Waals surface area contributed by atoms with Crippen molar-refractivity contribution in [1.82, 2.24) is 0 Å². The van der Waals surface area contributed by atoms with Crippen LogP contribution in [0.2, 0.25) is 78.1 Å². The molecule has 0 aliphatic heterocycles. The molecule has 0 aromatic carbocycles. The first-order valence-corrected chi connectivity index (χ1v) is 25.7. The zero-order valence-electron chi connectivity index (χ0n) is 21.3. The molecule has 1 atom stereocenters. The van der Waals surface area contributed by atoms with Gasteiger partial charge < -0.3 is 25.9 Å². The molecule has 0 heterocycles. The summed E-state index contributed by atoms with van der Waals surface area (Å²) < 4.78 is 36.3. The van der Waals surface area contributed by atoms with E-state index in [2.05, 4.69) is 76.8 Å². The number of hydrogen-bond acceptors (Lipinski definition) is 7. The molecule has 0 spiro atoms. The van der Waals surface area contributed by atoms with Crippen LogP contribution in [0.25, 0.3) is 0 Å². The van der Waals surface area contributed by atoms with Crippen LogP contribution < -0.4 is 0 Å². The Morgan fingerprint density at radius 3 is 1.67 bits per heavy atom. The summed E-state index contributed by atoms with van der Waals surface area (Å²) in [4.78, 5) is 10.1.